The molecule has 0 aliphatic rings. The highest BCUT2D eigenvalue weighted by Gasteiger charge is 2.27. The van der Waals surface area contributed by atoms with Crippen LogP contribution in [0.1, 0.15) is 59.6 Å². The first-order valence-corrected chi connectivity index (χ1v) is 7.97. The second kappa shape index (κ2) is 6.44. The Morgan fingerprint density at radius 3 is 2.05 bits per heavy atom. The van der Waals surface area contributed by atoms with Gasteiger partial charge in [0.25, 0.3) is 0 Å². The molecule has 0 heterocycles. The van der Waals surface area contributed by atoms with Gasteiger partial charge in [-0.05, 0) is 44.2 Å². The zero-order valence-corrected chi connectivity index (χ0v) is 15.3. The van der Waals surface area contributed by atoms with Gasteiger partial charge < -0.3 is 5.32 Å². The predicted octanol–water partition coefficient (Wildman–Crippen LogP) is 6.51. The van der Waals surface area contributed by atoms with E-state index in [0.717, 1.165) is 12.0 Å². The molecule has 1 rings (SSSR count). The van der Waals surface area contributed by atoms with Crippen LogP contribution in [0.2, 0.25) is 15.1 Å². The van der Waals surface area contributed by atoms with Crippen molar-refractivity contribution in [2.45, 2.75) is 59.5 Å². The zero-order valence-electron chi connectivity index (χ0n) is 13.1. The highest BCUT2D eigenvalue weighted by atomic mass is 35.5. The summed E-state index contributed by atoms with van der Waals surface area (Å²) in [7, 11) is 0. The Labute approximate surface area is 138 Å². The molecule has 1 nitrogen and oxygen atoms in total. The molecule has 1 atom stereocenters. The maximum absolute atomic E-state index is 6.30. The first kappa shape index (κ1) is 18.1. The largest absolute Gasteiger partial charge is 0.305 e. The van der Waals surface area contributed by atoms with E-state index in [9.17, 15) is 0 Å². The highest BCUT2D eigenvalue weighted by molar-refractivity contribution is 6.48. The Kier molecular flexibility index (Phi) is 5.83. The lowest BCUT2D eigenvalue weighted by molar-refractivity contribution is 0.227. The molecule has 1 aromatic carbocycles. The lowest BCUT2D eigenvalue weighted by Crippen LogP contribution is -2.43. The molecular weight excluding hydrogens is 313 g/mol. The van der Waals surface area contributed by atoms with Gasteiger partial charge in [-0.3, -0.25) is 0 Å². The van der Waals surface area contributed by atoms with Gasteiger partial charge in [-0.1, -0.05) is 61.6 Å². The van der Waals surface area contributed by atoms with Crippen LogP contribution in [-0.4, -0.2) is 5.54 Å². The average Bonchev–Trinajstić information content (AvgIpc) is 2.21. The molecule has 0 aromatic heterocycles. The van der Waals surface area contributed by atoms with E-state index in [1.54, 1.807) is 6.07 Å². The van der Waals surface area contributed by atoms with Crippen molar-refractivity contribution in [3.8, 4) is 0 Å². The fraction of sp³-hybridized carbons (Fsp3) is 0.625. The maximum atomic E-state index is 6.30. The summed E-state index contributed by atoms with van der Waals surface area (Å²) in [5.41, 5.74) is 1.24. The molecule has 20 heavy (non-hydrogen) atoms. The summed E-state index contributed by atoms with van der Waals surface area (Å²) >= 11 is 18.4. The number of hydrogen-bond donors (Lipinski definition) is 1. The lowest BCUT2D eigenvalue weighted by Gasteiger charge is -2.36. The van der Waals surface area contributed by atoms with Crippen LogP contribution >= 0.6 is 34.8 Å². The molecular formula is C16H24Cl3N. The number of halogens is 3. The fourth-order valence-corrected chi connectivity index (χ4v) is 3.62. The van der Waals surface area contributed by atoms with E-state index in [2.05, 4.69) is 46.9 Å². The van der Waals surface area contributed by atoms with Crippen LogP contribution in [-0.2, 0) is 0 Å². The van der Waals surface area contributed by atoms with E-state index in [0.29, 0.717) is 15.1 Å². The normalized spacial score (nSPS) is 14.4. The molecule has 1 aromatic rings. The third-order valence-corrected chi connectivity index (χ3v) is 4.42. The minimum Gasteiger partial charge on any atom is -0.305 e. The quantitative estimate of drug-likeness (QED) is 0.618. The summed E-state index contributed by atoms with van der Waals surface area (Å²) in [5.74, 6) is 0. The molecule has 1 unspecified atom stereocenters. The molecule has 0 aliphatic heterocycles. The van der Waals surface area contributed by atoms with Crippen molar-refractivity contribution >= 4 is 34.8 Å². The van der Waals surface area contributed by atoms with Gasteiger partial charge in [0.2, 0.25) is 0 Å². The summed E-state index contributed by atoms with van der Waals surface area (Å²) in [6.45, 7) is 13.2. The Hall–Kier alpha value is 0.0500. The third-order valence-electron chi connectivity index (χ3n) is 3.11. The molecule has 0 aliphatic carbocycles. The van der Waals surface area contributed by atoms with Gasteiger partial charge in [-0.2, -0.15) is 0 Å². The maximum Gasteiger partial charge on any atom is 0.0781 e. The monoisotopic (exact) mass is 335 g/mol. The third kappa shape index (κ3) is 5.11. The van der Waals surface area contributed by atoms with Gasteiger partial charge in [0.15, 0.2) is 0 Å². The molecule has 0 saturated carbocycles. The van der Waals surface area contributed by atoms with Gasteiger partial charge in [0.1, 0.15) is 0 Å². The SMILES string of the molecule is CC(NC(C)(C)CC(C)(C)C)c1ccc(Cl)c(Cl)c1Cl. The van der Waals surface area contributed by atoms with Crippen LogP contribution in [0.3, 0.4) is 0 Å². The summed E-state index contributed by atoms with van der Waals surface area (Å²) in [6, 6.07) is 3.83. The first-order chi connectivity index (χ1) is 8.93. The molecule has 0 amide bonds. The van der Waals surface area contributed by atoms with Gasteiger partial charge >= 0.3 is 0 Å². The molecule has 0 fully saturated rings. The standard InChI is InChI=1S/C16H24Cl3N/c1-10(20-16(5,6)9-15(2,3)4)11-7-8-12(17)14(19)13(11)18/h7-8,10,20H,9H2,1-6H3. The van der Waals surface area contributed by atoms with Crippen molar-refractivity contribution in [1.29, 1.82) is 0 Å². The van der Waals surface area contributed by atoms with Crippen molar-refractivity contribution in [2.75, 3.05) is 0 Å². The highest BCUT2D eigenvalue weighted by Crippen LogP contribution is 2.36. The van der Waals surface area contributed by atoms with Gasteiger partial charge in [-0.25, -0.2) is 0 Å². The van der Waals surface area contributed by atoms with E-state index in [1.165, 1.54) is 0 Å². The molecule has 0 radical (unpaired) electrons. The van der Waals surface area contributed by atoms with Gasteiger partial charge in [0.05, 0.1) is 15.1 Å². The molecule has 0 saturated heterocycles. The second-order valence-corrected chi connectivity index (χ2v) is 8.42. The number of hydrogen-bond acceptors (Lipinski definition) is 1. The van der Waals surface area contributed by atoms with E-state index in [-0.39, 0.29) is 17.0 Å². The Morgan fingerprint density at radius 2 is 1.55 bits per heavy atom. The van der Waals surface area contributed by atoms with Crippen molar-refractivity contribution in [3.05, 3.63) is 32.8 Å². The van der Waals surface area contributed by atoms with Crippen LogP contribution in [0, 0.1) is 5.41 Å². The van der Waals surface area contributed by atoms with E-state index >= 15 is 0 Å². The molecule has 4 heteroatoms. The topological polar surface area (TPSA) is 12.0 Å². The van der Waals surface area contributed by atoms with E-state index < -0.39 is 0 Å². The van der Waals surface area contributed by atoms with Crippen molar-refractivity contribution in [1.82, 2.24) is 5.32 Å². The minimum atomic E-state index is 0.00705. The fourth-order valence-electron chi connectivity index (χ4n) is 2.92. The van der Waals surface area contributed by atoms with E-state index in [4.69, 9.17) is 34.8 Å². The Bertz CT molecular complexity index is 475. The van der Waals surface area contributed by atoms with Gasteiger partial charge in [0, 0.05) is 11.6 Å². The predicted molar refractivity (Wildman–Crippen MR) is 91.2 cm³/mol. The summed E-state index contributed by atoms with van der Waals surface area (Å²) in [6.07, 6.45) is 1.06. The van der Waals surface area contributed by atoms with Crippen LogP contribution < -0.4 is 5.32 Å². The lowest BCUT2D eigenvalue weighted by atomic mass is 9.81. The zero-order chi connectivity index (χ0) is 15.7. The Balaban J connectivity index is 2.92. The number of nitrogens with one attached hydrogen (secondary N) is 1. The van der Waals surface area contributed by atoms with Crippen molar-refractivity contribution in [3.63, 3.8) is 0 Å². The second-order valence-electron chi connectivity index (χ2n) is 7.25. The molecule has 0 bridgehead atoms. The molecule has 114 valence electrons. The molecule has 0 spiro atoms. The number of rotatable bonds is 4. The van der Waals surface area contributed by atoms with Crippen LogP contribution in [0.25, 0.3) is 0 Å². The van der Waals surface area contributed by atoms with Crippen LogP contribution in [0.4, 0.5) is 0 Å². The van der Waals surface area contributed by atoms with E-state index in [1.807, 2.05) is 6.07 Å². The Morgan fingerprint density at radius 1 is 1.00 bits per heavy atom. The first-order valence-electron chi connectivity index (χ1n) is 6.84. The number of benzene rings is 1. The van der Waals surface area contributed by atoms with Crippen LogP contribution in [0.15, 0.2) is 12.1 Å². The van der Waals surface area contributed by atoms with Gasteiger partial charge in [-0.15, -0.1) is 0 Å². The van der Waals surface area contributed by atoms with Crippen molar-refractivity contribution in [2.24, 2.45) is 5.41 Å². The van der Waals surface area contributed by atoms with Crippen molar-refractivity contribution < 1.29 is 0 Å². The average molecular weight is 337 g/mol. The summed E-state index contributed by atoms with van der Waals surface area (Å²) in [4.78, 5) is 0. The summed E-state index contributed by atoms with van der Waals surface area (Å²) in [5, 5.41) is 5.08. The summed E-state index contributed by atoms with van der Waals surface area (Å²) < 4.78 is 0. The van der Waals surface area contributed by atoms with Crippen LogP contribution in [0.5, 0.6) is 0 Å². The molecule has 1 N–H and O–H groups in total. The minimum absolute atomic E-state index is 0.00705. The smallest absolute Gasteiger partial charge is 0.0781 e.